The summed E-state index contributed by atoms with van der Waals surface area (Å²) in [5, 5.41) is 8.87. The number of carbonyl (C=O) groups is 2. The van der Waals surface area contributed by atoms with Crippen LogP contribution in [-0.2, 0) is 14.3 Å². The second-order valence-corrected chi connectivity index (χ2v) is 3.39. The van der Waals surface area contributed by atoms with Gasteiger partial charge in [-0.1, -0.05) is 6.92 Å². The third-order valence-electron chi connectivity index (χ3n) is 2.41. The van der Waals surface area contributed by atoms with Crippen molar-refractivity contribution in [1.82, 2.24) is 4.90 Å². The lowest BCUT2D eigenvalue weighted by atomic mass is 10.0. The molecule has 5 heteroatoms. The molecule has 0 spiro atoms. The predicted molar refractivity (Wildman–Crippen MR) is 48.8 cm³/mol. The molecule has 1 heterocycles. The van der Waals surface area contributed by atoms with Crippen LogP contribution in [0.2, 0.25) is 0 Å². The molecule has 0 bridgehead atoms. The van der Waals surface area contributed by atoms with Gasteiger partial charge >= 0.3 is 5.97 Å². The van der Waals surface area contributed by atoms with Crippen molar-refractivity contribution < 1.29 is 19.4 Å². The van der Waals surface area contributed by atoms with Gasteiger partial charge in [0.05, 0.1) is 19.3 Å². The smallest absolute Gasteiger partial charge is 0.311 e. The molecule has 5 nitrogen and oxygen atoms in total. The molecule has 1 N–H and O–H groups in total. The van der Waals surface area contributed by atoms with Gasteiger partial charge in [-0.15, -0.1) is 0 Å². The Hall–Kier alpha value is -1.10. The van der Waals surface area contributed by atoms with Crippen LogP contribution >= 0.6 is 0 Å². The van der Waals surface area contributed by atoms with E-state index in [2.05, 4.69) is 0 Å². The summed E-state index contributed by atoms with van der Waals surface area (Å²) < 4.78 is 5.08. The SMILES string of the molecule is CCCN(C=O)C1COCC1C(=O)O. The molecule has 1 rings (SSSR count). The highest BCUT2D eigenvalue weighted by Crippen LogP contribution is 2.19. The summed E-state index contributed by atoms with van der Waals surface area (Å²) in [6.45, 7) is 3.06. The number of carboxylic acid groups (broad SMARTS) is 1. The predicted octanol–water partition coefficient (Wildman–Crippen LogP) is -0.0456. The lowest BCUT2D eigenvalue weighted by Crippen LogP contribution is -2.42. The van der Waals surface area contributed by atoms with Crippen molar-refractivity contribution in [3.05, 3.63) is 0 Å². The van der Waals surface area contributed by atoms with Crippen LogP contribution in [0.5, 0.6) is 0 Å². The molecule has 0 radical (unpaired) electrons. The highest BCUT2D eigenvalue weighted by molar-refractivity contribution is 5.72. The molecule has 1 aliphatic rings. The molecule has 1 fully saturated rings. The van der Waals surface area contributed by atoms with Crippen LogP contribution < -0.4 is 0 Å². The van der Waals surface area contributed by atoms with E-state index < -0.39 is 11.9 Å². The normalized spacial score (nSPS) is 26.1. The summed E-state index contributed by atoms with van der Waals surface area (Å²) >= 11 is 0. The quantitative estimate of drug-likeness (QED) is 0.633. The van der Waals surface area contributed by atoms with Crippen molar-refractivity contribution in [2.45, 2.75) is 19.4 Å². The first kappa shape index (κ1) is 11.0. The Morgan fingerprint density at radius 3 is 2.86 bits per heavy atom. The van der Waals surface area contributed by atoms with Crippen LogP contribution in [0.25, 0.3) is 0 Å². The maximum Gasteiger partial charge on any atom is 0.311 e. The molecule has 1 saturated heterocycles. The third kappa shape index (κ3) is 2.23. The fourth-order valence-electron chi connectivity index (χ4n) is 1.66. The van der Waals surface area contributed by atoms with Crippen molar-refractivity contribution in [3.8, 4) is 0 Å². The Bertz CT molecular complexity index is 219. The molecule has 0 aromatic carbocycles. The third-order valence-corrected chi connectivity index (χ3v) is 2.41. The van der Waals surface area contributed by atoms with E-state index >= 15 is 0 Å². The Labute approximate surface area is 82.6 Å². The Kier molecular flexibility index (Phi) is 3.88. The van der Waals surface area contributed by atoms with Crippen LogP contribution in [0.15, 0.2) is 0 Å². The summed E-state index contributed by atoms with van der Waals surface area (Å²) in [6, 6.07) is -0.301. The van der Waals surface area contributed by atoms with E-state index in [0.717, 1.165) is 6.42 Å². The van der Waals surface area contributed by atoms with Crippen molar-refractivity contribution in [2.24, 2.45) is 5.92 Å². The van der Waals surface area contributed by atoms with Crippen LogP contribution in [0.1, 0.15) is 13.3 Å². The van der Waals surface area contributed by atoms with Gasteiger partial charge in [-0.05, 0) is 6.42 Å². The van der Waals surface area contributed by atoms with Crippen LogP contribution in [-0.4, -0.2) is 48.2 Å². The summed E-state index contributed by atoms with van der Waals surface area (Å²) in [6.07, 6.45) is 1.53. The van der Waals surface area contributed by atoms with Gasteiger partial charge in [-0.25, -0.2) is 0 Å². The molecule has 2 atom stereocenters. The molecule has 14 heavy (non-hydrogen) atoms. The van der Waals surface area contributed by atoms with Crippen molar-refractivity contribution in [1.29, 1.82) is 0 Å². The van der Waals surface area contributed by atoms with Crippen molar-refractivity contribution >= 4 is 12.4 Å². The van der Waals surface area contributed by atoms with Gasteiger partial charge in [0.15, 0.2) is 0 Å². The Morgan fingerprint density at radius 2 is 2.36 bits per heavy atom. The van der Waals surface area contributed by atoms with Gasteiger partial charge < -0.3 is 14.7 Å². The van der Waals surface area contributed by atoms with E-state index in [9.17, 15) is 9.59 Å². The zero-order valence-corrected chi connectivity index (χ0v) is 8.18. The van der Waals surface area contributed by atoms with E-state index in [-0.39, 0.29) is 12.6 Å². The van der Waals surface area contributed by atoms with E-state index in [4.69, 9.17) is 9.84 Å². The topological polar surface area (TPSA) is 66.8 Å². The highest BCUT2D eigenvalue weighted by atomic mass is 16.5. The molecular weight excluding hydrogens is 186 g/mol. The summed E-state index contributed by atoms with van der Waals surface area (Å²) in [7, 11) is 0. The van der Waals surface area contributed by atoms with E-state index in [1.807, 2.05) is 6.92 Å². The van der Waals surface area contributed by atoms with Crippen LogP contribution in [0, 0.1) is 5.92 Å². The number of ether oxygens (including phenoxy) is 1. The van der Waals surface area contributed by atoms with E-state index in [1.165, 1.54) is 4.90 Å². The zero-order chi connectivity index (χ0) is 10.6. The molecule has 0 saturated carbocycles. The maximum atomic E-state index is 10.8. The molecule has 0 aliphatic carbocycles. The van der Waals surface area contributed by atoms with Gasteiger partial charge in [0.1, 0.15) is 5.92 Å². The molecule has 1 aliphatic heterocycles. The van der Waals surface area contributed by atoms with Crippen LogP contribution in [0.3, 0.4) is 0 Å². The molecule has 80 valence electrons. The second kappa shape index (κ2) is 4.95. The number of hydrogen-bond acceptors (Lipinski definition) is 3. The number of hydrogen-bond donors (Lipinski definition) is 1. The minimum Gasteiger partial charge on any atom is -0.481 e. The standard InChI is InChI=1S/C9H15NO4/c1-2-3-10(6-11)8-5-14-4-7(8)9(12)13/h6-8H,2-5H2,1H3,(H,12,13). The first-order valence-electron chi connectivity index (χ1n) is 4.72. The van der Waals surface area contributed by atoms with Crippen LogP contribution in [0.4, 0.5) is 0 Å². The first-order chi connectivity index (χ1) is 6.70. The summed E-state index contributed by atoms with van der Waals surface area (Å²) in [5.41, 5.74) is 0. The summed E-state index contributed by atoms with van der Waals surface area (Å²) in [5.74, 6) is -1.47. The molecular formula is C9H15NO4. The number of carbonyl (C=O) groups excluding carboxylic acids is 1. The minimum atomic E-state index is -0.893. The Balaban J connectivity index is 2.63. The number of aliphatic carboxylic acids is 1. The largest absolute Gasteiger partial charge is 0.481 e. The number of rotatable bonds is 5. The average Bonchev–Trinajstić information content (AvgIpc) is 2.62. The van der Waals surface area contributed by atoms with Gasteiger partial charge in [0, 0.05) is 6.54 Å². The lowest BCUT2D eigenvalue weighted by Gasteiger charge is -2.25. The monoisotopic (exact) mass is 201 g/mol. The summed E-state index contributed by atoms with van der Waals surface area (Å²) in [4.78, 5) is 23.1. The first-order valence-corrected chi connectivity index (χ1v) is 4.72. The molecule has 2 unspecified atom stereocenters. The fraction of sp³-hybridized carbons (Fsp3) is 0.778. The fourth-order valence-corrected chi connectivity index (χ4v) is 1.66. The van der Waals surface area contributed by atoms with E-state index in [0.29, 0.717) is 19.6 Å². The van der Waals surface area contributed by atoms with Gasteiger partial charge in [-0.2, -0.15) is 0 Å². The second-order valence-electron chi connectivity index (χ2n) is 3.39. The number of amides is 1. The zero-order valence-electron chi connectivity index (χ0n) is 8.18. The van der Waals surface area contributed by atoms with Crippen molar-refractivity contribution in [3.63, 3.8) is 0 Å². The van der Waals surface area contributed by atoms with Crippen molar-refractivity contribution in [2.75, 3.05) is 19.8 Å². The number of carboxylic acids is 1. The molecule has 0 aromatic rings. The molecule has 0 aromatic heterocycles. The van der Waals surface area contributed by atoms with Gasteiger partial charge in [-0.3, -0.25) is 9.59 Å². The molecule has 1 amide bonds. The maximum absolute atomic E-state index is 10.8. The van der Waals surface area contributed by atoms with Gasteiger partial charge in [0.2, 0.25) is 6.41 Å². The van der Waals surface area contributed by atoms with E-state index in [1.54, 1.807) is 0 Å². The highest BCUT2D eigenvalue weighted by Gasteiger charge is 2.37. The minimum absolute atomic E-state index is 0.202. The number of nitrogens with zero attached hydrogens (tertiary/aromatic N) is 1. The average molecular weight is 201 g/mol. The van der Waals surface area contributed by atoms with Gasteiger partial charge in [0.25, 0.3) is 0 Å². The lowest BCUT2D eigenvalue weighted by molar-refractivity contribution is -0.143. The Morgan fingerprint density at radius 1 is 1.64 bits per heavy atom.